The van der Waals surface area contributed by atoms with E-state index in [-0.39, 0.29) is 6.03 Å². The van der Waals surface area contributed by atoms with Crippen LogP contribution in [0.5, 0.6) is 0 Å². The summed E-state index contributed by atoms with van der Waals surface area (Å²) in [7, 11) is 2.05. The van der Waals surface area contributed by atoms with Gasteiger partial charge in [-0.1, -0.05) is 42.5 Å². The van der Waals surface area contributed by atoms with Gasteiger partial charge >= 0.3 is 6.03 Å². The first-order valence-corrected chi connectivity index (χ1v) is 9.73. The highest BCUT2D eigenvalue weighted by atomic mass is 16.2. The zero-order valence-corrected chi connectivity index (χ0v) is 16.6. The average molecular weight is 384 g/mol. The van der Waals surface area contributed by atoms with E-state index in [1.807, 2.05) is 67.6 Å². The number of nitrogens with one attached hydrogen (secondary N) is 2. The van der Waals surface area contributed by atoms with Crippen molar-refractivity contribution in [3.63, 3.8) is 0 Å². The lowest BCUT2D eigenvalue weighted by molar-refractivity contribution is 0.262. The molecular formula is C24H24N4O. The van der Waals surface area contributed by atoms with E-state index >= 15 is 0 Å². The molecule has 3 aromatic carbocycles. The van der Waals surface area contributed by atoms with Gasteiger partial charge in [-0.3, -0.25) is 0 Å². The summed E-state index contributed by atoms with van der Waals surface area (Å²) in [5.41, 5.74) is 5.94. The second-order valence-corrected chi connectivity index (χ2v) is 7.17. The molecule has 0 spiro atoms. The van der Waals surface area contributed by atoms with Crippen LogP contribution in [0.4, 0.5) is 16.2 Å². The van der Waals surface area contributed by atoms with Crippen LogP contribution in [-0.2, 0) is 19.9 Å². The van der Waals surface area contributed by atoms with Crippen molar-refractivity contribution in [2.24, 2.45) is 7.05 Å². The fourth-order valence-electron chi connectivity index (χ4n) is 3.48. The number of nitrogens with zero attached hydrogens (tertiary/aromatic N) is 2. The van der Waals surface area contributed by atoms with E-state index < -0.39 is 0 Å². The van der Waals surface area contributed by atoms with Crippen LogP contribution < -0.4 is 10.6 Å². The Balaban J connectivity index is 1.41. The second kappa shape index (κ2) is 8.19. The van der Waals surface area contributed by atoms with Gasteiger partial charge in [-0.05, 0) is 54.8 Å². The number of urea groups is 1. The molecule has 0 fully saturated rings. The first kappa shape index (κ1) is 18.7. The summed E-state index contributed by atoms with van der Waals surface area (Å²) in [6.45, 7) is 1.97. The lowest BCUT2D eigenvalue weighted by atomic mass is 10.1. The molecule has 1 aromatic heterocycles. The highest BCUT2D eigenvalue weighted by molar-refractivity contribution is 6.00. The molecule has 5 nitrogen and oxygen atoms in total. The van der Waals surface area contributed by atoms with Crippen LogP contribution >= 0.6 is 0 Å². The average Bonchev–Trinajstić information content (AvgIpc) is 3.04. The number of para-hydroxylation sites is 3. The fraction of sp³-hybridized carbons (Fsp3) is 0.167. The van der Waals surface area contributed by atoms with Crippen LogP contribution in [0.25, 0.3) is 11.0 Å². The molecular weight excluding hydrogens is 360 g/mol. The third kappa shape index (κ3) is 4.29. The Morgan fingerprint density at radius 2 is 1.72 bits per heavy atom. The Bertz CT molecular complexity index is 1160. The minimum Gasteiger partial charge on any atom is -0.331 e. The Kier molecular flexibility index (Phi) is 5.29. The van der Waals surface area contributed by atoms with Gasteiger partial charge in [-0.25, -0.2) is 9.78 Å². The molecule has 1 heterocycles. The van der Waals surface area contributed by atoms with Crippen molar-refractivity contribution < 1.29 is 4.79 Å². The van der Waals surface area contributed by atoms with Gasteiger partial charge < -0.3 is 15.2 Å². The van der Waals surface area contributed by atoms with E-state index in [2.05, 4.69) is 34.4 Å². The molecule has 146 valence electrons. The molecule has 0 saturated carbocycles. The fourth-order valence-corrected chi connectivity index (χ4v) is 3.48. The predicted molar refractivity (Wildman–Crippen MR) is 118 cm³/mol. The molecule has 0 bridgehead atoms. The molecule has 0 atom stereocenters. The van der Waals surface area contributed by atoms with E-state index in [9.17, 15) is 4.79 Å². The first-order valence-electron chi connectivity index (χ1n) is 9.73. The van der Waals surface area contributed by atoms with Gasteiger partial charge in [0.15, 0.2) is 0 Å². The number of hydrogen-bond acceptors (Lipinski definition) is 2. The van der Waals surface area contributed by atoms with Gasteiger partial charge in [0, 0.05) is 24.8 Å². The highest BCUT2D eigenvalue weighted by Crippen LogP contribution is 2.18. The zero-order chi connectivity index (χ0) is 20.2. The Labute approximate surface area is 170 Å². The number of fused-ring (bicyclic) bond motifs is 1. The van der Waals surface area contributed by atoms with Gasteiger partial charge in [0.1, 0.15) is 5.82 Å². The zero-order valence-electron chi connectivity index (χ0n) is 16.6. The summed E-state index contributed by atoms with van der Waals surface area (Å²) in [5.74, 6) is 1.06. The predicted octanol–water partition coefficient (Wildman–Crippen LogP) is 5.31. The van der Waals surface area contributed by atoms with Crippen LogP contribution in [0, 0.1) is 6.92 Å². The second-order valence-electron chi connectivity index (χ2n) is 7.17. The van der Waals surface area contributed by atoms with Crippen molar-refractivity contribution in [1.29, 1.82) is 0 Å². The van der Waals surface area contributed by atoms with Crippen molar-refractivity contribution >= 4 is 28.4 Å². The number of rotatable bonds is 5. The molecule has 0 radical (unpaired) electrons. The number of imidazole rings is 1. The van der Waals surface area contributed by atoms with Gasteiger partial charge in [0.2, 0.25) is 0 Å². The standard InChI is InChI=1S/C24H24N4O/c1-17-8-3-4-11-20(17)27-24(29)25-19-10-7-9-18(16-19)14-15-23-26-21-12-5-6-13-22(21)28(23)2/h3-13,16H,14-15H2,1-2H3,(H2,25,27,29). The smallest absolute Gasteiger partial charge is 0.323 e. The summed E-state index contributed by atoms with van der Waals surface area (Å²) < 4.78 is 2.15. The lowest BCUT2D eigenvalue weighted by Crippen LogP contribution is -2.20. The normalized spacial score (nSPS) is 10.8. The van der Waals surface area contributed by atoms with E-state index in [1.54, 1.807) is 0 Å². The minimum atomic E-state index is -0.244. The molecule has 29 heavy (non-hydrogen) atoms. The SMILES string of the molecule is Cc1ccccc1NC(=O)Nc1cccc(CCc2nc3ccccc3n2C)c1. The first-order chi connectivity index (χ1) is 14.1. The summed E-state index contributed by atoms with van der Waals surface area (Å²) in [5, 5.41) is 5.81. The highest BCUT2D eigenvalue weighted by Gasteiger charge is 2.08. The molecule has 0 saturated heterocycles. The minimum absolute atomic E-state index is 0.244. The van der Waals surface area contributed by atoms with Crippen molar-refractivity contribution in [3.8, 4) is 0 Å². The van der Waals surface area contributed by atoms with Crippen molar-refractivity contribution in [2.75, 3.05) is 10.6 Å². The monoisotopic (exact) mass is 384 g/mol. The van der Waals surface area contributed by atoms with Crippen LogP contribution in [0.15, 0.2) is 72.8 Å². The topological polar surface area (TPSA) is 59.0 Å². The van der Waals surface area contributed by atoms with Crippen LogP contribution in [0.3, 0.4) is 0 Å². The molecule has 2 N–H and O–H groups in total. The largest absolute Gasteiger partial charge is 0.331 e. The third-order valence-electron chi connectivity index (χ3n) is 5.10. The third-order valence-corrected chi connectivity index (χ3v) is 5.10. The van der Waals surface area contributed by atoms with Crippen LogP contribution in [-0.4, -0.2) is 15.6 Å². The maximum Gasteiger partial charge on any atom is 0.323 e. The van der Waals surface area contributed by atoms with Gasteiger partial charge in [0.05, 0.1) is 11.0 Å². The van der Waals surface area contributed by atoms with E-state index in [0.29, 0.717) is 0 Å². The number of hydrogen-bond donors (Lipinski definition) is 2. The number of anilines is 2. The molecule has 0 unspecified atom stereocenters. The number of carbonyl (C=O) groups excluding carboxylic acids is 1. The summed E-state index contributed by atoms with van der Waals surface area (Å²) in [6, 6.07) is 23.6. The van der Waals surface area contributed by atoms with Crippen LogP contribution in [0.1, 0.15) is 17.0 Å². The number of aromatic nitrogens is 2. The van der Waals surface area contributed by atoms with E-state index in [4.69, 9.17) is 4.98 Å². The van der Waals surface area contributed by atoms with Crippen molar-refractivity contribution in [3.05, 3.63) is 89.7 Å². The molecule has 0 aliphatic heterocycles. The van der Waals surface area contributed by atoms with E-state index in [0.717, 1.165) is 52.2 Å². The number of carbonyl (C=O) groups is 1. The van der Waals surface area contributed by atoms with Gasteiger partial charge in [-0.2, -0.15) is 0 Å². The number of amides is 2. The summed E-state index contributed by atoms with van der Waals surface area (Å²) in [6.07, 6.45) is 1.69. The molecule has 4 rings (SSSR count). The Morgan fingerprint density at radius 3 is 2.55 bits per heavy atom. The van der Waals surface area contributed by atoms with E-state index in [1.165, 1.54) is 0 Å². The maximum atomic E-state index is 12.3. The summed E-state index contributed by atoms with van der Waals surface area (Å²) >= 11 is 0. The molecule has 2 amide bonds. The molecule has 0 aliphatic rings. The summed E-state index contributed by atoms with van der Waals surface area (Å²) in [4.78, 5) is 17.1. The Morgan fingerprint density at radius 1 is 0.931 bits per heavy atom. The van der Waals surface area contributed by atoms with Crippen molar-refractivity contribution in [2.45, 2.75) is 19.8 Å². The van der Waals surface area contributed by atoms with Crippen molar-refractivity contribution in [1.82, 2.24) is 9.55 Å². The number of aryl methyl sites for hydroxylation is 4. The van der Waals surface area contributed by atoms with Crippen LogP contribution in [0.2, 0.25) is 0 Å². The van der Waals surface area contributed by atoms with Gasteiger partial charge in [0.25, 0.3) is 0 Å². The molecule has 4 aromatic rings. The van der Waals surface area contributed by atoms with Gasteiger partial charge in [-0.15, -0.1) is 0 Å². The Hall–Kier alpha value is -3.60. The lowest BCUT2D eigenvalue weighted by Gasteiger charge is -2.11. The quantitative estimate of drug-likeness (QED) is 0.490. The number of benzene rings is 3. The maximum absolute atomic E-state index is 12.3. The molecule has 0 aliphatic carbocycles. The molecule has 5 heteroatoms.